The molecule has 2 aliphatic heterocycles. The molecule has 2 N–H and O–H groups in total. The van der Waals surface area contributed by atoms with Gasteiger partial charge in [0, 0.05) is 19.5 Å². The molecule has 2 heterocycles. The van der Waals surface area contributed by atoms with Gasteiger partial charge in [-0.05, 0) is 37.5 Å². The normalized spacial score (nSPS) is 29.7. The number of hydrogen-bond donors (Lipinski definition) is 2. The average molecular weight is 337 g/mol. The molecule has 2 atom stereocenters. The van der Waals surface area contributed by atoms with Crippen molar-refractivity contribution in [2.45, 2.75) is 49.9 Å². The van der Waals surface area contributed by atoms with Crippen molar-refractivity contribution in [2.24, 2.45) is 0 Å². The topological polar surface area (TPSA) is 70.0 Å². The van der Waals surface area contributed by atoms with E-state index in [2.05, 4.69) is 0 Å². The van der Waals surface area contributed by atoms with Crippen molar-refractivity contribution in [1.82, 2.24) is 4.90 Å². The molecule has 1 aromatic rings. The summed E-state index contributed by atoms with van der Waals surface area (Å²) in [6.45, 7) is 2.88. The summed E-state index contributed by atoms with van der Waals surface area (Å²) in [5.41, 5.74) is -0.824. The van der Waals surface area contributed by atoms with E-state index in [1.54, 1.807) is 24.0 Å². The summed E-state index contributed by atoms with van der Waals surface area (Å²) in [5.74, 6) is -0.297. The second-order valence-corrected chi connectivity index (χ2v) is 7.23. The van der Waals surface area contributed by atoms with E-state index in [1.165, 1.54) is 12.1 Å². The fraction of sp³-hybridized carbons (Fsp3) is 0.611. The van der Waals surface area contributed by atoms with Gasteiger partial charge in [-0.3, -0.25) is 4.79 Å². The number of hydrogen-bond acceptors (Lipinski definition) is 4. The predicted octanol–water partition coefficient (Wildman–Crippen LogP) is 1.26. The second kappa shape index (κ2) is 6.43. The van der Waals surface area contributed by atoms with Gasteiger partial charge >= 0.3 is 0 Å². The molecule has 5 nitrogen and oxygen atoms in total. The number of aliphatic hydroxyl groups excluding tert-OH is 1. The summed E-state index contributed by atoms with van der Waals surface area (Å²) >= 11 is 0. The van der Waals surface area contributed by atoms with E-state index >= 15 is 0 Å². The number of nitrogens with zero attached hydrogens (tertiary/aromatic N) is 1. The van der Waals surface area contributed by atoms with Crippen molar-refractivity contribution in [2.75, 3.05) is 19.7 Å². The molecule has 3 rings (SSSR count). The summed E-state index contributed by atoms with van der Waals surface area (Å²) < 4.78 is 18.7. The van der Waals surface area contributed by atoms with Crippen LogP contribution >= 0.6 is 0 Å². The lowest BCUT2D eigenvalue weighted by atomic mass is 9.76. The molecule has 1 spiro atoms. The zero-order valence-corrected chi connectivity index (χ0v) is 13.9. The Labute approximate surface area is 141 Å². The van der Waals surface area contributed by atoms with Crippen molar-refractivity contribution >= 4 is 5.91 Å². The van der Waals surface area contributed by atoms with Crippen molar-refractivity contribution in [3.63, 3.8) is 0 Å². The van der Waals surface area contributed by atoms with Crippen LogP contribution in [-0.2, 0) is 16.0 Å². The van der Waals surface area contributed by atoms with E-state index < -0.39 is 17.3 Å². The molecule has 2 fully saturated rings. The molecule has 6 heteroatoms. The van der Waals surface area contributed by atoms with E-state index in [0.717, 1.165) is 5.56 Å². The predicted molar refractivity (Wildman–Crippen MR) is 85.8 cm³/mol. The Hall–Kier alpha value is -1.50. The minimum Gasteiger partial charge on any atom is -0.388 e. The third-order valence-electron chi connectivity index (χ3n) is 5.24. The number of aliphatic hydroxyl groups is 2. The van der Waals surface area contributed by atoms with Gasteiger partial charge in [0.15, 0.2) is 0 Å². The van der Waals surface area contributed by atoms with Gasteiger partial charge in [0.1, 0.15) is 11.9 Å². The molecule has 24 heavy (non-hydrogen) atoms. The van der Waals surface area contributed by atoms with Gasteiger partial charge in [0.05, 0.1) is 24.2 Å². The SMILES string of the molecule is C[C@]1(O)CC2(CCN(C(=O)Cc3ccc(F)cc3)CC2)OCC1O. The average Bonchev–Trinajstić information content (AvgIpc) is 2.54. The first-order valence-corrected chi connectivity index (χ1v) is 8.36. The van der Waals surface area contributed by atoms with Crippen molar-refractivity contribution in [3.8, 4) is 0 Å². The molecule has 1 unspecified atom stereocenters. The lowest BCUT2D eigenvalue weighted by Gasteiger charge is -2.49. The lowest BCUT2D eigenvalue weighted by Crippen LogP contribution is -2.59. The van der Waals surface area contributed by atoms with Gasteiger partial charge in [0.2, 0.25) is 5.91 Å². The van der Waals surface area contributed by atoms with Gasteiger partial charge in [-0.1, -0.05) is 12.1 Å². The van der Waals surface area contributed by atoms with E-state index in [0.29, 0.717) is 32.4 Å². The van der Waals surface area contributed by atoms with Gasteiger partial charge in [-0.15, -0.1) is 0 Å². The maximum Gasteiger partial charge on any atom is 0.226 e. The molecule has 1 aromatic carbocycles. The number of carbonyl (C=O) groups is 1. The second-order valence-electron chi connectivity index (χ2n) is 7.23. The molecular formula is C18H24FNO4. The van der Waals surface area contributed by atoms with Crippen LogP contribution in [0.5, 0.6) is 0 Å². The monoisotopic (exact) mass is 337 g/mol. The van der Waals surface area contributed by atoms with Crippen LogP contribution in [0.25, 0.3) is 0 Å². The molecular weight excluding hydrogens is 313 g/mol. The van der Waals surface area contributed by atoms with Crippen LogP contribution in [-0.4, -0.2) is 58.0 Å². The van der Waals surface area contributed by atoms with Crippen LogP contribution in [0.3, 0.4) is 0 Å². The fourth-order valence-electron chi connectivity index (χ4n) is 3.63. The quantitative estimate of drug-likeness (QED) is 0.852. The number of ether oxygens (including phenoxy) is 1. The number of rotatable bonds is 2. The number of likely N-dealkylation sites (tertiary alicyclic amines) is 1. The number of halogens is 1. The van der Waals surface area contributed by atoms with Crippen molar-refractivity contribution in [1.29, 1.82) is 0 Å². The molecule has 0 saturated carbocycles. The zero-order chi connectivity index (χ0) is 17.4. The summed E-state index contributed by atoms with van der Waals surface area (Å²) in [6, 6.07) is 5.97. The summed E-state index contributed by atoms with van der Waals surface area (Å²) in [7, 11) is 0. The molecule has 132 valence electrons. The van der Waals surface area contributed by atoms with Crippen LogP contribution in [0.1, 0.15) is 31.7 Å². The molecule has 2 aliphatic rings. The Morgan fingerprint density at radius 2 is 1.96 bits per heavy atom. The van der Waals surface area contributed by atoms with Crippen LogP contribution in [0.15, 0.2) is 24.3 Å². The van der Waals surface area contributed by atoms with Crippen LogP contribution in [0.4, 0.5) is 4.39 Å². The highest BCUT2D eigenvalue weighted by atomic mass is 19.1. The van der Waals surface area contributed by atoms with Gasteiger partial charge in [-0.2, -0.15) is 0 Å². The Bertz CT molecular complexity index is 594. The van der Waals surface area contributed by atoms with E-state index in [-0.39, 0.29) is 24.8 Å². The van der Waals surface area contributed by atoms with Gasteiger partial charge in [0.25, 0.3) is 0 Å². The van der Waals surface area contributed by atoms with Gasteiger partial charge < -0.3 is 19.8 Å². The highest BCUT2D eigenvalue weighted by Gasteiger charge is 2.48. The van der Waals surface area contributed by atoms with Crippen LogP contribution in [0.2, 0.25) is 0 Å². The summed E-state index contributed by atoms with van der Waals surface area (Å²) in [4.78, 5) is 14.2. The minimum atomic E-state index is -1.15. The lowest BCUT2D eigenvalue weighted by molar-refractivity contribution is -0.222. The highest BCUT2D eigenvalue weighted by molar-refractivity contribution is 5.78. The number of piperidine rings is 1. The molecule has 0 aromatic heterocycles. The smallest absolute Gasteiger partial charge is 0.226 e. The largest absolute Gasteiger partial charge is 0.388 e. The van der Waals surface area contributed by atoms with E-state index in [9.17, 15) is 19.4 Å². The number of amides is 1. The molecule has 0 radical (unpaired) electrons. The molecule has 1 amide bonds. The fourth-order valence-corrected chi connectivity index (χ4v) is 3.63. The summed E-state index contributed by atoms with van der Waals surface area (Å²) in [6.07, 6.45) is 1.04. The maximum atomic E-state index is 12.9. The zero-order valence-electron chi connectivity index (χ0n) is 13.9. The molecule has 2 saturated heterocycles. The number of benzene rings is 1. The van der Waals surface area contributed by atoms with Crippen LogP contribution in [0, 0.1) is 5.82 Å². The van der Waals surface area contributed by atoms with E-state index in [1.807, 2.05) is 0 Å². The Morgan fingerprint density at radius 3 is 2.54 bits per heavy atom. The van der Waals surface area contributed by atoms with Crippen LogP contribution < -0.4 is 0 Å². The first kappa shape index (κ1) is 17.3. The Morgan fingerprint density at radius 1 is 1.33 bits per heavy atom. The maximum absolute atomic E-state index is 12.9. The molecule has 0 bridgehead atoms. The van der Waals surface area contributed by atoms with Gasteiger partial charge in [-0.25, -0.2) is 4.39 Å². The Balaban J connectivity index is 1.57. The highest BCUT2D eigenvalue weighted by Crippen LogP contribution is 2.39. The molecule has 0 aliphatic carbocycles. The first-order chi connectivity index (χ1) is 11.3. The van der Waals surface area contributed by atoms with E-state index in [4.69, 9.17) is 4.74 Å². The Kier molecular flexibility index (Phi) is 4.64. The first-order valence-electron chi connectivity index (χ1n) is 8.36. The summed E-state index contributed by atoms with van der Waals surface area (Å²) in [5, 5.41) is 20.1. The van der Waals surface area contributed by atoms with Crippen molar-refractivity contribution < 1.29 is 24.1 Å². The van der Waals surface area contributed by atoms with Crippen molar-refractivity contribution in [3.05, 3.63) is 35.6 Å². The standard InChI is InChI=1S/C18H24FNO4/c1-17(23)12-18(24-11-15(17)21)6-8-20(9-7-18)16(22)10-13-2-4-14(19)5-3-13/h2-5,15,21,23H,6-12H2,1H3/t15?,17-/m0/s1. The number of carbonyl (C=O) groups excluding carboxylic acids is 1. The third kappa shape index (κ3) is 3.61. The third-order valence-corrected chi connectivity index (χ3v) is 5.24. The minimum absolute atomic E-state index is 0.0130.